The number of carbonyl (C=O) groups excluding carboxylic acids is 1. The number of carbonyl (C=O) groups is 1. The maximum Gasteiger partial charge on any atom is 0.222 e. The number of likely N-dealkylation sites (N-methyl/N-ethyl adjacent to an activating group) is 1. The van der Waals surface area contributed by atoms with Gasteiger partial charge in [-0.05, 0) is 12.5 Å². The summed E-state index contributed by atoms with van der Waals surface area (Å²) in [6.45, 7) is 4.25. The molecular formula is C12H17FN4O. The topological polar surface area (TPSA) is 41.4 Å². The Hall–Kier alpha value is -1.85. The average molecular weight is 252 g/mol. The number of halogens is 1. The van der Waals surface area contributed by atoms with E-state index in [0.717, 1.165) is 6.42 Å². The van der Waals surface area contributed by atoms with Gasteiger partial charge in [-0.2, -0.15) is 5.10 Å². The van der Waals surface area contributed by atoms with E-state index in [9.17, 15) is 9.28 Å². The summed E-state index contributed by atoms with van der Waals surface area (Å²) in [5.74, 6) is 0.148. The molecule has 1 aliphatic rings. The van der Waals surface area contributed by atoms with E-state index in [1.54, 1.807) is 22.7 Å². The van der Waals surface area contributed by atoms with Crippen LogP contribution in [0.25, 0.3) is 6.08 Å². The normalized spacial score (nSPS) is 19.4. The second-order valence-electron chi connectivity index (χ2n) is 4.48. The summed E-state index contributed by atoms with van der Waals surface area (Å²) >= 11 is 0. The highest BCUT2D eigenvalue weighted by Crippen LogP contribution is 2.23. The molecule has 1 fully saturated rings. The second kappa shape index (κ2) is 4.80. The highest BCUT2D eigenvalue weighted by molar-refractivity contribution is 5.78. The van der Waals surface area contributed by atoms with Crippen molar-refractivity contribution in [2.24, 2.45) is 0 Å². The van der Waals surface area contributed by atoms with Gasteiger partial charge in [0.1, 0.15) is 5.69 Å². The molecule has 1 aromatic heterocycles. The van der Waals surface area contributed by atoms with Gasteiger partial charge in [0.2, 0.25) is 5.91 Å². The first-order valence-electron chi connectivity index (χ1n) is 5.88. The fourth-order valence-electron chi connectivity index (χ4n) is 2.25. The molecule has 0 spiro atoms. The molecule has 0 N–H and O–H groups in total. The van der Waals surface area contributed by atoms with Gasteiger partial charge in [-0.3, -0.25) is 9.48 Å². The highest BCUT2D eigenvalue weighted by Gasteiger charge is 2.28. The number of hydrogen-bond donors (Lipinski definition) is 0. The maximum atomic E-state index is 13.2. The van der Waals surface area contributed by atoms with Crippen LogP contribution in [0.15, 0.2) is 12.8 Å². The minimum Gasteiger partial charge on any atom is -0.341 e. The fraction of sp³-hybridized carbons (Fsp3) is 0.500. The van der Waals surface area contributed by atoms with Crippen molar-refractivity contribution in [3.05, 3.63) is 18.5 Å². The summed E-state index contributed by atoms with van der Waals surface area (Å²) in [6, 6.07) is 0.119. The molecule has 2 heterocycles. The lowest BCUT2D eigenvalue weighted by Gasteiger charge is -2.20. The van der Waals surface area contributed by atoms with Crippen LogP contribution in [0.3, 0.4) is 0 Å². The monoisotopic (exact) mass is 252 g/mol. The van der Waals surface area contributed by atoms with E-state index in [0.29, 0.717) is 29.5 Å². The summed E-state index contributed by atoms with van der Waals surface area (Å²) in [7, 11) is 3.11. The van der Waals surface area contributed by atoms with Crippen molar-refractivity contribution < 1.29 is 9.28 Å². The van der Waals surface area contributed by atoms with Crippen LogP contribution in [0.1, 0.15) is 18.5 Å². The Kier molecular flexibility index (Phi) is 3.36. The molecule has 2 rings (SSSR count). The molecule has 1 aromatic rings. The van der Waals surface area contributed by atoms with Crippen molar-refractivity contribution >= 4 is 17.7 Å². The van der Waals surface area contributed by atoms with Crippen molar-refractivity contribution in [2.75, 3.05) is 19.2 Å². The van der Waals surface area contributed by atoms with E-state index in [2.05, 4.69) is 11.7 Å². The predicted octanol–water partition coefficient (Wildman–Crippen LogP) is 1.47. The molecule has 1 aliphatic heterocycles. The van der Waals surface area contributed by atoms with Gasteiger partial charge in [0, 0.05) is 20.5 Å². The van der Waals surface area contributed by atoms with Gasteiger partial charge in [-0.25, -0.2) is 5.12 Å². The minimum absolute atomic E-state index is 0.119. The van der Waals surface area contributed by atoms with E-state index in [1.807, 2.05) is 0 Å². The van der Waals surface area contributed by atoms with E-state index in [-0.39, 0.29) is 11.9 Å². The molecule has 18 heavy (non-hydrogen) atoms. The number of anilines is 1. The Morgan fingerprint density at radius 2 is 2.44 bits per heavy atom. The van der Waals surface area contributed by atoms with Crippen LogP contribution in [0, 0.1) is 0 Å². The van der Waals surface area contributed by atoms with E-state index < -0.39 is 0 Å². The number of aromatic nitrogens is 2. The first-order valence-corrected chi connectivity index (χ1v) is 5.88. The van der Waals surface area contributed by atoms with E-state index in [1.165, 1.54) is 13.2 Å². The van der Waals surface area contributed by atoms with Crippen LogP contribution in [0.5, 0.6) is 0 Å². The molecule has 5 nitrogen and oxygen atoms in total. The maximum absolute atomic E-state index is 13.2. The summed E-state index contributed by atoms with van der Waals surface area (Å²) in [5, 5.41) is 4.67. The summed E-state index contributed by atoms with van der Waals surface area (Å²) in [5.41, 5.74) is 1.02. The van der Waals surface area contributed by atoms with Crippen molar-refractivity contribution in [3.8, 4) is 0 Å². The van der Waals surface area contributed by atoms with Gasteiger partial charge in [0.25, 0.3) is 0 Å². The van der Waals surface area contributed by atoms with Crippen molar-refractivity contribution in [1.29, 1.82) is 0 Å². The minimum atomic E-state index is 0.119. The summed E-state index contributed by atoms with van der Waals surface area (Å²) in [4.78, 5) is 13.2. The molecule has 0 saturated carbocycles. The average Bonchev–Trinajstić information content (AvgIpc) is 2.87. The quantitative estimate of drug-likeness (QED) is 0.762. The fourth-order valence-corrected chi connectivity index (χ4v) is 2.25. The smallest absolute Gasteiger partial charge is 0.222 e. The van der Waals surface area contributed by atoms with Crippen LogP contribution in [0.4, 0.5) is 10.2 Å². The Bertz CT molecular complexity index is 469. The Morgan fingerprint density at radius 3 is 2.94 bits per heavy atom. The van der Waals surface area contributed by atoms with Crippen molar-refractivity contribution in [1.82, 2.24) is 14.7 Å². The number of rotatable bonds is 4. The molecule has 6 heteroatoms. The van der Waals surface area contributed by atoms with E-state index >= 15 is 0 Å². The van der Waals surface area contributed by atoms with Crippen molar-refractivity contribution in [2.45, 2.75) is 25.4 Å². The second-order valence-corrected chi connectivity index (χ2v) is 4.48. The Morgan fingerprint density at radius 1 is 1.72 bits per heavy atom. The molecule has 0 radical (unpaired) electrons. The van der Waals surface area contributed by atoms with Crippen LogP contribution < -0.4 is 5.12 Å². The van der Waals surface area contributed by atoms with Crippen molar-refractivity contribution in [3.63, 3.8) is 0 Å². The molecule has 1 amide bonds. The van der Waals surface area contributed by atoms with Crippen LogP contribution in [-0.4, -0.2) is 40.7 Å². The first kappa shape index (κ1) is 12.6. The lowest BCUT2D eigenvalue weighted by Crippen LogP contribution is -2.32. The Labute approximate surface area is 105 Å². The first-order chi connectivity index (χ1) is 8.54. The molecule has 98 valence electrons. The SMILES string of the molecule is C=Cc1c(N(C)F)cnn1CC1CCC(=O)N1C. The van der Waals surface area contributed by atoms with Gasteiger partial charge >= 0.3 is 0 Å². The largest absolute Gasteiger partial charge is 0.341 e. The highest BCUT2D eigenvalue weighted by atomic mass is 19.2. The lowest BCUT2D eigenvalue weighted by atomic mass is 10.2. The third kappa shape index (κ3) is 2.10. The number of likely N-dealkylation sites (tertiary alicyclic amines) is 1. The zero-order chi connectivity index (χ0) is 13.3. The Balaban J connectivity index is 2.19. The molecule has 1 saturated heterocycles. The zero-order valence-electron chi connectivity index (χ0n) is 10.6. The standard InChI is InChI=1S/C12H17FN4O/c1-4-10-11(16(3)13)7-14-17(10)8-9-5-6-12(18)15(9)2/h4,7,9H,1,5-6,8H2,2-3H3. The van der Waals surface area contributed by atoms with Gasteiger partial charge < -0.3 is 4.90 Å². The molecule has 1 unspecified atom stereocenters. The summed E-state index contributed by atoms with van der Waals surface area (Å²) < 4.78 is 14.9. The van der Waals surface area contributed by atoms with Gasteiger partial charge in [0.05, 0.1) is 24.5 Å². The van der Waals surface area contributed by atoms with Gasteiger partial charge in [0.15, 0.2) is 0 Å². The molecule has 1 atom stereocenters. The summed E-state index contributed by atoms with van der Waals surface area (Å²) in [6.07, 6.45) is 4.43. The zero-order valence-corrected chi connectivity index (χ0v) is 10.6. The predicted molar refractivity (Wildman–Crippen MR) is 67.6 cm³/mol. The number of nitrogens with zero attached hydrogens (tertiary/aromatic N) is 4. The molecule has 0 aromatic carbocycles. The molecule has 0 aliphatic carbocycles. The van der Waals surface area contributed by atoms with Crippen LogP contribution in [0.2, 0.25) is 0 Å². The van der Waals surface area contributed by atoms with Gasteiger partial charge in [-0.15, -0.1) is 4.48 Å². The third-order valence-electron chi connectivity index (χ3n) is 3.40. The number of hydrogen-bond acceptors (Lipinski definition) is 3. The lowest BCUT2D eigenvalue weighted by molar-refractivity contribution is -0.127. The molecular weight excluding hydrogens is 235 g/mol. The van der Waals surface area contributed by atoms with Gasteiger partial charge in [-0.1, -0.05) is 6.58 Å². The van der Waals surface area contributed by atoms with E-state index in [4.69, 9.17) is 0 Å². The molecule has 0 bridgehead atoms. The van der Waals surface area contributed by atoms with Crippen LogP contribution in [-0.2, 0) is 11.3 Å². The number of amides is 1. The van der Waals surface area contributed by atoms with Crippen LogP contribution >= 0.6 is 0 Å². The third-order valence-corrected chi connectivity index (χ3v) is 3.40.